The van der Waals surface area contributed by atoms with Crippen LogP contribution in [0.2, 0.25) is 0 Å². The molecule has 120 valence electrons. The molecule has 1 aliphatic heterocycles. The summed E-state index contributed by atoms with van der Waals surface area (Å²) in [5.74, 6) is -1.29. The number of hydrogen-bond acceptors (Lipinski definition) is 6. The molecule has 1 saturated carbocycles. The first-order chi connectivity index (χ1) is 10.4. The van der Waals surface area contributed by atoms with E-state index in [1.165, 1.54) is 6.92 Å². The third-order valence-electron chi connectivity index (χ3n) is 4.46. The van der Waals surface area contributed by atoms with Crippen LogP contribution in [-0.4, -0.2) is 49.0 Å². The van der Waals surface area contributed by atoms with E-state index in [9.17, 15) is 23.4 Å². The van der Waals surface area contributed by atoms with Gasteiger partial charge in [-0.3, -0.25) is 4.79 Å². The number of fused-ring (bicyclic) bond motifs is 1. The van der Waals surface area contributed by atoms with Gasteiger partial charge in [-0.15, -0.1) is 0 Å². The quantitative estimate of drug-likeness (QED) is 0.804. The van der Waals surface area contributed by atoms with E-state index in [4.69, 9.17) is 9.47 Å². The SMILES string of the molecule is CCS(=O)(=O)[C@@H]1[C@@H](c2ccc3c(c2)OCO3)[C@@]1(CO)C(=O)O. The Morgan fingerprint density at radius 2 is 2.05 bits per heavy atom. The number of aliphatic hydroxyl groups is 1. The predicted molar refractivity (Wildman–Crippen MR) is 75.7 cm³/mol. The standard InChI is InChI=1S/C14H16O7S/c1-2-22(18,19)12-11(14(12,6-15)13(16)17)8-3-4-9-10(5-8)21-7-20-9/h3-5,11-12,15H,2,6-7H2,1H3,(H,16,17)/t11-,12-,14-/m1/s1. The van der Waals surface area contributed by atoms with E-state index in [0.717, 1.165) is 0 Å². The highest BCUT2D eigenvalue weighted by Gasteiger charge is 2.75. The first-order valence-corrected chi connectivity index (χ1v) is 8.55. The minimum atomic E-state index is -3.61. The topological polar surface area (TPSA) is 110 Å². The van der Waals surface area contributed by atoms with Crippen molar-refractivity contribution in [2.45, 2.75) is 18.1 Å². The monoisotopic (exact) mass is 328 g/mol. The summed E-state index contributed by atoms with van der Waals surface area (Å²) in [5.41, 5.74) is -1.18. The fourth-order valence-corrected chi connectivity index (χ4v) is 5.26. The molecule has 1 heterocycles. The van der Waals surface area contributed by atoms with Gasteiger partial charge in [0.2, 0.25) is 6.79 Å². The third kappa shape index (κ3) is 1.90. The molecule has 1 aliphatic carbocycles. The average molecular weight is 328 g/mol. The van der Waals surface area contributed by atoms with Crippen molar-refractivity contribution in [3.63, 3.8) is 0 Å². The first-order valence-electron chi connectivity index (χ1n) is 6.84. The van der Waals surface area contributed by atoms with Gasteiger partial charge in [0.1, 0.15) is 5.41 Å². The number of sulfone groups is 1. The van der Waals surface area contributed by atoms with Gasteiger partial charge >= 0.3 is 5.97 Å². The summed E-state index contributed by atoms with van der Waals surface area (Å²) >= 11 is 0. The smallest absolute Gasteiger partial charge is 0.314 e. The summed E-state index contributed by atoms with van der Waals surface area (Å²) in [6.07, 6.45) is 0. The lowest BCUT2D eigenvalue weighted by atomic mass is 10.00. The summed E-state index contributed by atoms with van der Waals surface area (Å²) < 4.78 is 34.9. The zero-order valence-corrected chi connectivity index (χ0v) is 12.7. The molecule has 0 spiro atoms. The van der Waals surface area contributed by atoms with Gasteiger partial charge in [0, 0.05) is 11.7 Å². The number of aliphatic carboxylic acids is 1. The van der Waals surface area contributed by atoms with Crippen LogP contribution in [-0.2, 0) is 14.6 Å². The number of rotatable bonds is 5. The summed E-state index contributed by atoms with van der Waals surface area (Å²) in [6, 6.07) is 4.83. The van der Waals surface area contributed by atoms with Crippen molar-refractivity contribution in [2.75, 3.05) is 19.2 Å². The maximum atomic E-state index is 12.2. The predicted octanol–water partition coefficient (Wildman–Crippen LogP) is 0.379. The van der Waals surface area contributed by atoms with Gasteiger partial charge < -0.3 is 19.7 Å². The highest BCUT2D eigenvalue weighted by Crippen LogP contribution is 2.63. The van der Waals surface area contributed by atoms with Crippen molar-refractivity contribution in [1.82, 2.24) is 0 Å². The molecule has 7 nitrogen and oxygen atoms in total. The lowest BCUT2D eigenvalue weighted by Gasteiger charge is -2.09. The van der Waals surface area contributed by atoms with Crippen molar-refractivity contribution in [1.29, 1.82) is 0 Å². The Hall–Kier alpha value is -1.80. The zero-order chi connectivity index (χ0) is 16.1. The third-order valence-corrected chi connectivity index (χ3v) is 6.73. The van der Waals surface area contributed by atoms with E-state index >= 15 is 0 Å². The lowest BCUT2D eigenvalue weighted by molar-refractivity contribution is -0.145. The van der Waals surface area contributed by atoms with E-state index in [1.807, 2.05) is 0 Å². The lowest BCUT2D eigenvalue weighted by Crippen LogP contribution is -2.28. The molecule has 0 radical (unpaired) electrons. The van der Waals surface area contributed by atoms with Crippen LogP contribution in [0.4, 0.5) is 0 Å². The molecule has 2 N–H and O–H groups in total. The first kappa shape index (κ1) is 15.1. The van der Waals surface area contributed by atoms with Crippen LogP contribution in [0.1, 0.15) is 18.4 Å². The van der Waals surface area contributed by atoms with E-state index in [1.54, 1.807) is 18.2 Å². The van der Waals surface area contributed by atoms with Crippen molar-refractivity contribution in [3.05, 3.63) is 23.8 Å². The number of benzene rings is 1. The Bertz CT molecular complexity index is 727. The fourth-order valence-electron chi connectivity index (χ4n) is 3.20. The van der Waals surface area contributed by atoms with Crippen molar-refractivity contribution in [3.8, 4) is 11.5 Å². The Balaban J connectivity index is 2.06. The zero-order valence-electron chi connectivity index (χ0n) is 11.9. The van der Waals surface area contributed by atoms with Gasteiger partial charge in [-0.2, -0.15) is 0 Å². The van der Waals surface area contributed by atoms with Crippen LogP contribution in [0.25, 0.3) is 0 Å². The number of carbonyl (C=O) groups is 1. The summed E-state index contributed by atoms with van der Waals surface area (Å²) in [4.78, 5) is 11.6. The van der Waals surface area contributed by atoms with Crippen LogP contribution in [0, 0.1) is 5.41 Å². The number of ether oxygens (including phenoxy) is 2. The van der Waals surface area contributed by atoms with Crippen LogP contribution < -0.4 is 9.47 Å². The highest BCUT2D eigenvalue weighted by molar-refractivity contribution is 7.92. The van der Waals surface area contributed by atoms with Gasteiger partial charge in [-0.05, 0) is 17.7 Å². The summed E-state index contributed by atoms with van der Waals surface area (Å²) in [6.45, 7) is 0.809. The Morgan fingerprint density at radius 3 is 2.64 bits per heavy atom. The molecule has 3 atom stereocenters. The van der Waals surface area contributed by atoms with Crippen molar-refractivity contribution < 1.29 is 32.9 Å². The normalized spacial score (nSPS) is 29.4. The molecule has 22 heavy (non-hydrogen) atoms. The van der Waals surface area contributed by atoms with Crippen molar-refractivity contribution >= 4 is 15.8 Å². The van der Waals surface area contributed by atoms with Gasteiger partial charge in [-0.1, -0.05) is 13.0 Å². The fraction of sp³-hybridized carbons (Fsp3) is 0.500. The van der Waals surface area contributed by atoms with Gasteiger partial charge in [0.15, 0.2) is 21.3 Å². The van der Waals surface area contributed by atoms with Crippen LogP contribution >= 0.6 is 0 Å². The second-order valence-electron chi connectivity index (χ2n) is 5.47. The molecule has 3 rings (SSSR count). The molecule has 2 aliphatic rings. The minimum Gasteiger partial charge on any atom is -0.481 e. The van der Waals surface area contributed by atoms with Gasteiger partial charge in [-0.25, -0.2) is 8.42 Å². The van der Waals surface area contributed by atoms with E-state index in [2.05, 4.69) is 0 Å². The maximum Gasteiger partial charge on any atom is 0.314 e. The number of aliphatic hydroxyl groups excluding tert-OH is 1. The average Bonchev–Trinajstić information content (AvgIpc) is 3.00. The summed E-state index contributed by atoms with van der Waals surface area (Å²) in [7, 11) is -3.61. The molecule has 1 aromatic carbocycles. The molecule has 0 bridgehead atoms. The Labute approximate surface area is 127 Å². The molecular formula is C14H16O7S. The number of carboxylic acid groups (broad SMARTS) is 1. The largest absolute Gasteiger partial charge is 0.481 e. The Kier molecular flexibility index (Phi) is 3.33. The van der Waals surface area contributed by atoms with E-state index in [0.29, 0.717) is 17.1 Å². The van der Waals surface area contributed by atoms with Crippen molar-refractivity contribution in [2.24, 2.45) is 5.41 Å². The molecule has 0 amide bonds. The molecule has 0 saturated heterocycles. The van der Waals surface area contributed by atoms with Gasteiger partial charge in [0.25, 0.3) is 0 Å². The van der Waals surface area contributed by atoms with E-state index in [-0.39, 0.29) is 12.5 Å². The molecule has 8 heteroatoms. The minimum absolute atomic E-state index is 0.0736. The second-order valence-corrected chi connectivity index (χ2v) is 7.88. The molecule has 0 aromatic heterocycles. The molecule has 0 unspecified atom stereocenters. The second kappa shape index (κ2) is 4.85. The van der Waals surface area contributed by atoms with Gasteiger partial charge in [0.05, 0.1) is 11.9 Å². The van der Waals surface area contributed by atoms with E-state index < -0.39 is 39.0 Å². The maximum absolute atomic E-state index is 12.2. The summed E-state index contributed by atoms with van der Waals surface area (Å²) in [5, 5.41) is 17.9. The van der Waals surface area contributed by atoms with Crippen LogP contribution in [0.5, 0.6) is 11.5 Å². The van der Waals surface area contributed by atoms with Crippen LogP contribution in [0.15, 0.2) is 18.2 Å². The number of carboxylic acids is 1. The highest BCUT2D eigenvalue weighted by atomic mass is 32.2. The molecule has 1 fully saturated rings. The molecular weight excluding hydrogens is 312 g/mol. The number of hydrogen-bond donors (Lipinski definition) is 2. The van der Waals surface area contributed by atoms with Crippen LogP contribution in [0.3, 0.4) is 0 Å². The molecule has 1 aromatic rings. The Morgan fingerprint density at radius 1 is 1.36 bits per heavy atom.